The number of aromatic nitrogens is 2. The smallest absolute Gasteiger partial charge is 0.366 e. The number of rotatable bonds is 7. The van der Waals surface area contributed by atoms with Crippen LogP contribution in [0.3, 0.4) is 0 Å². The fourth-order valence-electron chi connectivity index (χ4n) is 4.29. The molecule has 0 aliphatic carbocycles. The Kier molecular flexibility index (Phi) is 6.97. The van der Waals surface area contributed by atoms with Crippen LogP contribution in [0.15, 0.2) is 48.7 Å². The molecule has 2 aromatic carbocycles. The summed E-state index contributed by atoms with van der Waals surface area (Å²) in [6.07, 6.45) is -1.23. The summed E-state index contributed by atoms with van der Waals surface area (Å²) in [6, 6.07) is 11.6. The van der Waals surface area contributed by atoms with Gasteiger partial charge in [0.25, 0.3) is 11.8 Å². The van der Waals surface area contributed by atoms with Crippen LogP contribution in [0.4, 0.5) is 13.2 Å². The number of amides is 2. The normalized spacial score (nSPS) is 15.4. The maximum Gasteiger partial charge on any atom is 0.497 e. The minimum absolute atomic E-state index is 0.0339. The average molecular weight is 504 g/mol. The van der Waals surface area contributed by atoms with E-state index in [2.05, 4.69) is 10.4 Å². The summed E-state index contributed by atoms with van der Waals surface area (Å²) in [5.41, 5.74) is 7.17. The Balaban J connectivity index is 1.40. The highest BCUT2D eigenvalue weighted by Gasteiger charge is 2.48. The molecule has 1 aromatic heterocycles. The minimum atomic E-state index is -5.07. The van der Waals surface area contributed by atoms with Crippen LogP contribution < -0.4 is 11.1 Å². The van der Waals surface area contributed by atoms with Gasteiger partial charge in [-0.1, -0.05) is 12.1 Å². The number of nitrogens with one attached hydrogen (secondary N) is 1. The summed E-state index contributed by atoms with van der Waals surface area (Å²) in [5.74, 6) is -3.22. The van der Waals surface area contributed by atoms with Crippen molar-refractivity contribution in [3.8, 4) is 5.69 Å². The van der Waals surface area contributed by atoms with Crippen LogP contribution in [0.25, 0.3) is 16.6 Å². The SMILES string of the molecule is NC(=O)c1cccc2cn(-c3ccc(C(=O)NCC[N+]4(OC(=O)C(F)(F)F)CCCCC4)cc3)nc12. The average Bonchev–Trinajstić information content (AvgIpc) is 3.28. The zero-order chi connectivity index (χ0) is 25.9. The van der Waals surface area contributed by atoms with Crippen LogP contribution in [-0.4, -0.2) is 64.6 Å². The van der Waals surface area contributed by atoms with Crippen LogP contribution in [-0.2, 0) is 9.63 Å². The van der Waals surface area contributed by atoms with Gasteiger partial charge in [-0.25, -0.2) is 9.48 Å². The van der Waals surface area contributed by atoms with Gasteiger partial charge in [-0.05, 0) is 36.8 Å². The van der Waals surface area contributed by atoms with Crippen molar-refractivity contribution in [2.75, 3.05) is 26.2 Å². The molecule has 190 valence electrons. The second-order valence-corrected chi connectivity index (χ2v) is 8.65. The van der Waals surface area contributed by atoms with Gasteiger partial charge in [0, 0.05) is 30.0 Å². The molecule has 1 fully saturated rings. The molecule has 1 aliphatic heterocycles. The summed E-state index contributed by atoms with van der Waals surface area (Å²) in [5, 5.41) is 7.83. The highest BCUT2D eigenvalue weighted by Crippen LogP contribution is 2.25. The van der Waals surface area contributed by atoms with E-state index in [0.717, 1.165) is 11.8 Å². The number of nitrogens with two attached hydrogens (primary N) is 1. The molecule has 3 aromatic rings. The van der Waals surface area contributed by atoms with E-state index in [1.165, 1.54) is 0 Å². The van der Waals surface area contributed by atoms with Gasteiger partial charge >= 0.3 is 12.1 Å². The zero-order valence-corrected chi connectivity index (χ0v) is 19.3. The molecule has 36 heavy (non-hydrogen) atoms. The highest BCUT2D eigenvalue weighted by molar-refractivity contribution is 6.04. The molecule has 0 unspecified atom stereocenters. The van der Waals surface area contributed by atoms with Gasteiger partial charge in [0.1, 0.15) is 25.2 Å². The molecule has 0 radical (unpaired) electrons. The number of alkyl halides is 3. The van der Waals surface area contributed by atoms with Crippen molar-refractivity contribution in [2.24, 2.45) is 5.73 Å². The fourth-order valence-corrected chi connectivity index (χ4v) is 4.29. The Morgan fingerprint density at radius 1 is 1.06 bits per heavy atom. The summed E-state index contributed by atoms with van der Waals surface area (Å²) >= 11 is 0. The molecule has 12 heteroatoms. The predicted octanol–water partition coefficient (Wildman–Crippen LogP) is 2.88. The lowest BCUT2D eigenvalue weighted by Gasteiger charge is -2.37. The summed E-state index contributed by atoms with van der Waals surface area (Å²) < 4.78 is 39.3. The molecule has 1 saturated heterocycles. The molecule has 1 aliphatic rings. The van der Waals surface area contributed by atoms with Crippen LogP contribution in [0.2, 0.25) is 0 Å². The van der Waals surface area contributed by atoms with Crippen LogP contribution in [0.5, 0.6) is 0 Å². The Hall–Kier alpha value is -3.93. The van der Waals surface area contributed by atoms with Crippen LogP contribution in [0, 0.1) is 0 Å². The molecule has 9 nitrogen and oxygen atoms in total. The van der Waals surface area contributed by atoms with Crippen molar-refractivity contribution in [3.05, 3.63) is 59.8 Å². The van der Waals surface area contributed by atoms with E-state index < -0.39 is 28.6 Å². The number of carbonyl (C=O) groups excluding carboxylic acids is 3. The molecule has 0 bridgehead atoms. The van der Waals surface area contributed by atoms with E-state index in [0.29, 0.717) is 35.2 Å². The lowest BCUT2D eigenvalue weighted by molar-refractivity contribution is -1.09. The standard InChI is InChI=1S/C24H24F3N5O4/c25-24(26,27)23(35)36-32(12-2-1-3-13-32)14-11-29-22(34)16-7-9-18(10-8-16)31-15-17-5-4-6-19(21(28)33)20(17)30-31/h4-10,15H,1-3,11-14H2,(H2-,28,29,33,34)/p+1. The molecule has 0 spiro atoms. The first-order valence-corrected chi connectivity index (χ1v) is 11.4. The number of primary amides is 1. The highest BCUT2D eigenvalue weighted by atomic mass is 19.4. The second-order valence-electron chi connectivity index (χ2n) is 8.65. The van der Waals surface area contributed by atoms with Gasteiger partial charge in [0.05, 0.1) is 17.8 Å². The van der Waals surface area contributed by atoms with Crippen molar-refractivity contribution >= 4 is 28.7 Å². The summed E-state index contributed by atoms with van der Waals surface area (Å²) in [4.78, 5) is 40.5. The van der Waals surface area contributed by atoms with E-state index >= 15 is 0 Å². The Labute approximate surface area is 204 Å². The van der Waals surface area contributed by atoms with Crippen LogP contribution in [0.1, 0.15) is 40.0 Å². The number of nitrogens with zero attached hydrogens (tertiary/aromatic N) is 3. The molecular weight excluding hydrogens is 479 g/mol. The van der Waals surface area contributed by atoms with E-state index in [4.69, 9.17) is 10.6 Å². The number of fused-ring (bicyclic) bond motifs is 1. The first-order chi connectivity index (χ1) is 17.1. The molecule has 3 N–H and O–H groups in total. The number of hydroxylamine groups is 3. The molecule has 0 saturated carbocycles. The maximum absolute atomic E-state index is 12.7. The number of piperidine rings is 1. The minimum Gasteiger partial charge on any atom is -0.366 e. The largest absolute Gasteiger partial charge is 0.497 e. The van der Waals surface area contributed by atoms with Gasteiger partial charge in [0.2, 0.25) is 0 Å². The van der Waals surface area contributed by atoms with Crippen molar-refractivity contribution in [1.29, 1.82) is 0 Å². The molecule has 4 rings (SSSR count). The zero-order valence-electron chi connectivity index (χ0n) is 19.3. The third-order valence-electron chi connectivity index (χ3n) is 6.14. The molecule has 2 amide bonds. The van der Waals surface area contributed by atoms with Crippen molar-refractivity contribution in [3.63, 3.8) is 0 Å². The second kappa shape index (κ2) is 9.97. The number of carbonyl (C=O) groups is 3. The van der Waals surface area contributed by atoms with Gasteiger partial charge < -0.3 is 11.1 Å². The first-order valence-electron chi connectivity index (χ1n) is 11.4. The lowest BCUT2D eigenvalue weighted by Crippen LogP contribution is -2.57. The van der Waals surface area contributed by atoms with E-state index in [1.54, 1.807) is 53.3 Å². The van der Waals surface area contributed by atoms with Gasteiger partial charge in [-0.15, -0.1) is 4.65 Å². The fraction of sp³-hybridized carbons (Fsp3) is 0.333. The summed E-state index contributed by atoms with van der Waals surface area (Å²) in [7, 11) is 0. The summed E-state index contributed by atoms with van der Waals surface area (Å²) in [6.45, 7) is 0.601. The molecule has 0 atom stereocenters. The number of hydrogen-bond donors (Lipinski definition) is 2. The number of hydrogen-bond acceptors (Lipinski definition) is 5. The number of benzene rings is 2. The van der Waals surface area contributed by atoms with Gasteiger partial charge in [-0.3, -0.25) is 14.4 Å². The Morgan fingerprint density at radius 2 is 1.75 bits per heavy atom. The molecular formula is C24H25F3N5O4+. The Bertz CT molecular complexity index is 1280. The Morgan fingerprint density at radius 3 is 2.39 bits per heavy atom. The third kappa shape index (κ3) is 5.48. The number of halogens is 3. The van der Waals surface area contributed by atoms with Gasteiger partial charge in [-0.2, -0.15) is 18.3 Å². The van der Waals surface area contributed by atoms with Gasteiger partial charge in [0.15, 0.2) is 0 Å². The molecule has 2 heterocycles. The van der Waals surface area contributed by atoms with Crippen molar-refractivity contribution < 1.29 is 37.0 Å². The van der Waals surface area contributed by atoms with Crippen molar-refractivity contribution in [2.45, 2.75) is 25.4 Å². The van der Waals surface area contributed by atoms with Crippen LogP contribution >= 0.6 is 0 Å². The first kappa shape index (κ1) is 25.2. The third-order valence-corrected chi connectivity index (χ3v) is 6.14. The predicted molar refractivity (Wildman–Crippen MR) is 123 cm³/mol. The van der Waals surface area contributed by atoms with E-state index in [1.807, 2.05) is 0 Å². The number of likely N-dealkylation sites (tertiary alicyclic amines) is 1. The quantitative estimate of drug-likeness (QED) is 0.480. The number of quaternary nitrogens is 1. The van der Waals surface area contributed by atoms with E-state index in [-0.39, 0.29) is 26.2 Å². The lowest BCUT2D eigenvalue weighted by atomic mass is 10.1. The van der Waals surface area contributed by atoms with E-state index in [9.17, 15) is 27.6 Å². The monoisotopic (exact) mass is 504 g/mol. The topological polar surface area (TPSA) is 116 Å². The van der Waals surface area contributed by atoms with Crippen molar-refractivity contribution in [1.82, 2.24) is 15.1 Å². The maximum atomic E-state index is 12.7.